The van der Waals surface area contributed by atoms with E-state index in [2.05, 4.69) is 15.3 Å². The standard InChI is InChI=1S/C17H14F2N4O3S/c18-17(19)27(25,26)14-4-2-13(3-5-14)16(24)22-10-12-1-6-15(21-9-12)23-8-7-20-11-23/h1-9,11,17H,10H2,(H,22,24). The average Bonchev–Trinajstić information content (AvgIpc) is 3.21. The number of amides is 1. The largest absolute Gasteiger partial charge is 0.348 e. The second kappa shape index (κ2) is 7.62. The Balaban J connectivity index is 1.62. The van der Waals surface area contributed by atoms with Crippen molar-refractivity contribution in [2.24, 2.45) is 0 Å². The Hall–Kier alpha value is -3.14. The molecule has 0 aliphatic carbocycles. The Bertz CT molecular complexity index is 1020. The Morgan fingerprint density at radius 3 is 2.44 bits per heavy atom. The Morgan fingerprint density at radius 2 is 1.89 bits per heavy atom. The van der Waals surface area contributed by atoms with E-state index in [1.165, 1.54) is 12.1 Å². The van der Waals surface area contributed by atoms with Crippen LogP contribution in [-0.2, 0) is 16.4 Å². The lowest BCUT2D eigenvalue weighted by Crippen LogP contribution is -2.23. The highest BCUT2D eigenvalue weighted by Crippen LogP contribution is 2.18. The number of sulfone groups is 1. The summed E-state index contributed by atoms with van der Waals surface area (Å²) >= 11 is 0. The fourth-order valence-electron chi connectivity index (χ4n) is 2.25. The molecule has 1 N–H and O–H groups in total. The second-order valence-corrected chi connectivity index (χ2v) is 7.43. The number of rotatable bonds is 6. The van der Waals surface area contributed by atoms with Gasteiger partial charge >= 0.3 is 5.76 Å². The molecule has 0 unspecified atom stereocenters. The zero-order valence-electron chi connectivity index (χ0n) is 13.8. The third-order valence-corrected chi connectivity index (χ3v) is 5.11. The van der Waals surface area contributed by atoms with Crippen molar-refractivity contribution in [3.05, 3.63) is 72.4 Å². The number of alkyl halides is 2. The maximum absolute atomic E-state index is 12.5. The Kier molecular flexibility index (Phi) is 5.26. The third kappa shape index (κ3) is 4.17. The van der Waals surface area contributed by atoms with E-state index in [4.69, 9.17) is 0 Å². The first-order chi connectivity index (χ1) is 12.9. The molecule has 0 saturated carbocycles. The summed E-state index contributed by atoms with van der Waals surface area (Å²) in [6.07, 6.45) is 6.60. The van der Waals surface area contributed by atoms with Crippen LogP contribution in [0.15, 0.2) is 66.2 Å². The van der Waals surface area contributed by atoms with E-state index in [0.717, 1.165) is 17.7 Å². The molecule has 3 rings (SSSR count). The predicted molar refractivity (Wildman–Crippen MR) is 92.2 cm³/mol. The number of nitrogens with one attached hydrogen (secondary N) is 1. The molecule has 2 aromatic heterocycles. The molecular weight excluding hydrogens is 378 g/mol. The summed E-state index contributed by atoms with van der Waals surface area (Å²) in [4.78, 5) is 19.8. The molecule has 0 fully saturated rings. The number of carbonyl (C=O) groups excluding carboxylic acids is 1. The molecule has 10 heteroatoms. The van der Waals surface area contributed by atoms with Crippen LogP contribution in [0.3, 0.4) is 0 Å². The molecule has 0 aliphatic rings. The van der Waals surface area contributed by atoms with Crippen molar-refractivity contribution >= 4 is 15.7 Å². The summed E-state index contributed by atoms with van der Waals surface area (Å²) in [6, 6.07) is 7.90. The van der Waals surface area contributed by atoms with Crippen molar-refractivity contribution in [2.75, 3.05) is 0 Å². The van der Waals surface area contributed by atoms with Gasteiger partial charge in [-0.05, 0) is 35.9 Å². The van der Waals surface area contributed by atoms with Crippen molar-refractivity contribution in [3.63, 3.8) is 0 Å². The quantitative estimate of drug-likeness (QED) is 0.694. The maximum Gasteiger partial charge on any atom is 0.341 e. The van der Waals surface area contributed by atoms with Crippen molar-refractivity contribution < 1.29 is 22.0 Å². The van der Waals surface area contributed by atoms with Gasteiger partial charge in [0.1, 0.15) is 12.1 Å². The minimum atomic E-state index is -4.68. The molecule has 7 nitrogen and oxygen atoms in total. The fourth-order valence-corrected chi connectivity index (χ4v) is 2.97. The molecule has 0 spiro atoms. The van der Waals surface area contributed by atoms with Gasteiger partial charge in [-0.2, -0.15) is 8.78 Å². The normalized spacial score (nSPS) is 11.5. The lowest BCUT2D eigenvalue weighted by molar-refractivity contribution is 0.0951. The number of aromatic nitrogens is 3. The van der Waals surface area contributed by atoms with E-state index in [-0.39, 0.29) is 12.1 Å². The summed E-state index contributed by atoms with van der Waals surface area (Å²) in [5, 5.41) is 2.65. The predicted octanol–water partition coefficient (Wildman–Crippen LogP) is 2.19. The zero-order chi connectivity index (χ0) is 19.4. The number of carbonyl (C=O) groups is 1. The van der Waals surface area contributed by atoms with E-state index in [0.29, 0.717) is 5.82 Å². The first-order valence-electron chi connectivity index (χ1n) is 7.71. The SMILES string of the molecule is O=C(NCc1ccc(-n2ccnc2)nc1)c1ccc(S(=O)(=O)C(F)F)cc1. The van der Waals surface area contributed by atoms with Gasteiger partial charge in [0.2, 0.25) is 9.84 Å². The van der Waals surface area contributed by atoms with Crippen molar-refractivity contribution in [1.82, 2.24) is 19.9 Å². The lowest BCUT2D eigenvalue weighted by Gasteiger charge is -2.08. The van der Waals surface area contributed by atoms with Crippen LogP contribution in [0.4, 0.5) is 8.78 Å². The van der Waals surface area contributed by atoms with E-state index in [1.54, 1.807) is 41.6 Å². The minimum absolute atomic E-state index is 0.159. The van der Waals surface area contributed by atoms with Gasteiger partial charge in [0.15, 0.2) is 0 Å². The van der Waals surface area contributed by atoms with Crippen LogP contribution >= 0.6 is 0 Å². The molecule has 2 heterocycles. The Labute approximate surface area is 153 Å². The molecule has 140 valence electrons. The van der Waals surface area contributed by atoms with Gasteiger partial charge in [-0.1, -0.05) is 6.07 Å². The first-order valence-corrected chi connectivity index (χ1v) is 9.26. The molecular formula is C17H14F2N4O3S. The number of pyridine rings is 1. The van der Waals surface area contributed by atoms with Gasteiger partial charge in [0, 0.05) is 30.7 Å². The highest BCUT2D eigenvalue weighted by atomic mass is 32.2. The summed E-state index contributed by atoms with van der Waals surface area (Å²) in [5.41, 5.74) is 0.912. The topological polar surface area (TPSA) is 93.9 Å². The van der Waals surface area contributed by atoms with Gasteiger partial charge in [-0.25, -0.2) is 18.4 Å². The summed E-state index contributed by atoms with van der Waals surface area (Å²) in [5.74, 6) is -3.29. The van der Waals surface area contributed by atoms with Gasteiger partial charge in [0.05, 0.1) is 4.90 Å². The molecule has 1 amide bonds. The van der Waals surface area contributed by atoms with Crippen molar-refractivity contribution in [1.29, 1.82) is 0 Å². The number of imidazole rings is 1. The third-order valence-electron chi connectivity index (χ3n) is 3.71. The number of benzene rings is 1. The summed E-state index contributed by atoms with van der Waals surface area (Å²) in [6.45, 7) is 0.202. The van der Waals surface area contributed by atoms with Crippen LogP contribution in [-0.4, -0.2) is 34.6 Å². The maximum atomic E-state index is 12.5. The molecule has 0 bridgehead atoms. The smallest absolute Gasteiger partial charge is 0.341 e. The van der Waals surface area contributed by atoms with Crippen LogP contribution in [0.25, 0.3) is 5.82 Å². The number of halogens is 2. The van der Waals surface area contributed by atoms with Crippen molar-refractivity contribution in [2.45, 2.75) is 17.2 Å². The highest BCUT2D eigenvalue weighted by molar-refractivity contribution is 7.91. The molecule has 27 heavy (non-hydrogen) atoms. The highest BCUT2D eigenvalue weighted by Gasteiger charge is 2.26. The molecule has 0 saturated heterocycles. The molecule has 0 radical (unpaired) electrons. The van der Waals surface area contributed by atoms with Gasteiger partial charge < -0.3 is 5.32 Å². The molecule has 1 aromatic carbocycles. The number of hydrogen-bond acceptors (Lipinski definition) is 5. The van der Waals surface area contributed by atoms with Gasteiger partial charge in [-0.3, -0.25) is 9.36 Å². The second-order valence-electron chi connectivity index (χ2n) is 5.51. The van der Waals surface area contributed by atoms with E-state index < -0.39 is 26.4 Å². The van der Waals surface area contributed by atoms with Crippen LogP contribution in [0.5, 0.6) is 0 Å². The zero-order valence-corrected chi connectivity index (χ0v) is 14.6. The Morgan fingerprint density at radius 1 is 1.15 bits per heavy atom. The minimum Gasteiger partial charge on any atom is -0.348 e. The molecule has 0 atom stereocenters. The van der Waals surface area contributed by atoms with Crippen LogP contribution in [0, 0.1) is 0 Å². The van der Waals surface area contributed by atoms with E-state index in [1.807, 2.05) is 0 Å². The molecule has 0 aliphatic heterocycles. The van der Waals surface area contributed by atoms with E-state index >= 15 is 0 Å². The monoisotopic (exact) mass is 392 g/mol. The van der Waals surface area contributed by atoms with Crippen LogP contribution < -0.4 is 5.32 Å². The lowest BCUT2D eigenvalue weighted by atomic mass is 10.2. The van der Waals surface area contributed by atoms with E-state index in [9.17, 15) is 22.0 Å². The molecule has 3 aromatic rings. The first kappa shape index (κ1) is 18.6. The van der Waals surface area contributed by atoms with Crippen molar-refractivity contribution in [3.8, 4) is 5.82 Å². The average molecular weight is 392 g/mol. The van der Waals surface area contributed by atoms with Gasteiger partial charge in [0.25, 0.3) is 5.91 Å². The fraction of sp³-hybridized carbons (Fsp3) is 0.118. The summed E-state index contributed by atoms with van der Waals surface area (Å²) < 4.78 is 49.5. The summed E-state index contributed by atoms with van der Waals surface area (Å²) in [7, 11) is -4.68. The number of hydrogen-bond donors (Lipinski definition) is 1. The van der Waals surface area contributed by atoms with Gasteiger partial charge in [-0.15, -0.1) is 0 Å². The van der Waals surface area contributed by atoms with Crippen LogP contribution in [0.2, 0.25) is 0 Å². The number of nitrogens with zero attached hydrogens (tertiary/aromatic N) is 3. The van der Waals surface area contributed by atoms with Crippen LogP contribution in [0.1, 0.15) is 15.9 Å².